The molecule has 102 valence electrons. The summed E-state index contributed by atoms with van der Waals surface area (Å²) in [4.78, 5) is 3.69. The second-order valence-electron chi connectivity index (χ2n) is 5.11. The zero-order valence-corrected chi connectivity index (χ0v) is 12.7. The molecule has 0 spiro atoms. The number of hydrogen-bond donors (Lipinski definition) is 1. The molecule has 19 heavy (non-hydrogen) atoms. The fraction of sp³-hybridized carbons (Fsp3) is 0.375. The molecular weight excluding hydrogens is 252 g/mol. The fourth-order valence-corrected chi connectivity index (χ4v) is 3.12. The van der Waals surface area contributed by atoms with E-state index in [1.54, 1.807) is 0 Å². The van der Waals surface area contributed by atoms with E-state index in [2.05, 4.69) is 73.0 Å². The predicted molar refractivity (Wildman–Crippen MR) is 83.6 cm³/mol. The topological polar surface area (TPSA) is 15.3 Å². The Morgan fingerprint density at radius 2 is 2.05 bits per heavy atom. The third-order valence-electron chi connectivity index (χ3n) is 3.24. The first-order chi connectivity index (χ1) is 9.16. The summed E-state index contributed by atoms with van der Waals surface area (Å²) in [6.45, 7) is 4.04. The number of hydrogen-bond acceptors (Lipinski definition) is 3. The highest BCUT2D eigenvalue weighted by Gasteiger charge is 2.14. The largest absolute Gasteiger partial charge is 0.311 e. The van der Waals surface area contributed by atoms with Crippen molar-refractivity contribution in [1.82, 2.24) is 10.2 Å². The van der Waals surface area contributed by atoms with Crippen LogP contribution in [0.4, 0.5) is 0 Å². The summed E-state index contributed by atoms with van der Waals surface area (Å²) in [7, 11) is 4.28. The first kappa shape index (κ1) is 14.3. The van der Waals surface area contributed by atoms with Gasteiger partial charge in [-0.05, 0) is 38.0 Å². The Balaban J connectivity index is 1.90. The van der Waals surface area contributed by atoms with Gasteiger partial charge in [-0.3, -0.25) is 0 Å². The first-order valence-electron chi connectivity index (χ1n) is 6.63. The monoisotopic (exact) mass is 274 g/mol. The molecule has 3 heteroatoms. The lowest BCUT2D eigenvalue weighted by Gasteiger charge is -2.23. The number of nitrogens with one attached hydrogen (secondary N) is 1. The van der Waals surface area contributed by atoms with Gasteiger partial charge in [0.25, 0.3) is 0 Å². The lowest BCUT2D eigenvalue weighted by Crippen LogP contribution is -2.30. The molecule has 1 aromatic heterocycles. The van der Waals surface area contributed by atoms with Crippen LogP contribution in [0, 0.1) is 6.92 Å². The maximum atomic E-state index is 3.56. The van der Waals surface area contributed by atoms with Crippen molar-refractivity contribution in [3.05, 3.63) is 57.8 Å². The highest BCUT2D eigenvalue weighted by atomic mass is 32.1. The molecule has 2 aromatic rings. The molecule has 1 atom stereocenters. The van der Waals surface area contributed by atoms with Crippen molar-refractivity contribution < 1.29 is 0 Å². The number of thiophene rings is 1. The summed E-state index contributed by atoms with van der Waals surface area (Å²) in [5, 5.41) is 5.71. The minimum absolute atomic E-state index is 0.449. The van der Waals surface area contributed by atoms with E-state index in [9.17, 15) is 0 Å². The lowest BCUT2D eigenvalue weighted by molar-refractivity contribution is 0.292. The Bertz CT molecular complexity index is 491. The molecule has 2 nitrogen and oxygen atoms in total. The van der Waals surface area contributed by atoms with Gasteiger partial charge in [-0.25, -0.2) is 0 Å². The summed E-state index contributed by atoms with van der Waals surface area (Å²) in [6.07, 6.45) is 0. The average Bonchev–Trinajstić information content (AvgIpc) is 2.88. The van der Waals surface area contributed by atoms with E-state index < -0.39 is 0 Å². The molecule has 2 rings (SSSR count). The zero-order valence-electron chi connectivity index (χ0n) is 11.9. The summed E-state index contributed by atoms with van der Waals surface area (Å²) >= 11 is 1.83. The van der Waals surface area contributed by atoms with E-state index in [1.165, 1.54) is 16.0 Å². The number of likely N-dealkylation sites (N-methyl/N-ethyl adjacent to an activating group) is 1. The van der Waals surface area contributed by atoms with Gasteiger partial charge in [-0.2, -0.15) is 0 Å². The second kappa shape index (κ2) is 6.85. The molecule has 0 saturated heterocycles. The van der Waals surface area contributed by atoms with Crippen molar-refractivity contribution in [2.75, 3.05) is 20.6 Å². The van der Waals surface area contributed by atoms with Gasteiger partial charge < -0.3 is 10.2 Å². The molecule has 1 unspecified atom stereocenters. The quantitative estimate of drug-likeness (QED) is 0.868. The van der Waals surface area contributed by atoms with Crippen LogP contribution < -0.4 is 5.32 Å². The standard InChI is InChI=1S/C16H22N2S/c1-13-6-4-7-14(10-13)11-17-12-15(18(2)3)16-8-5-9-19-16/h4-10,15,17H,11-12H2,1-3H3. The molecule has 1 N–H and O–H groups in total. The van der Waals surface area contributed by atoms with Gasteiger partial charge in [0.05, 0.1) is 6.04 Å². The molecule has 0 saturated carbocycles. The van der Waals surface area contributed by atoms with Crippen LogP contribution in [-0.2, 0) is 6.54 Å². The van der Waals surface area contributed by atoms with E-state index in [0.29, 0.717) is 6.04 Å². The van der Waals surface area contributed by atoms with Crippen molar-refractivity contribution in [3.8, 4) is 0 Å². The molecular formula is C16H22N2S. The number of benzene rings is 1. The summed E-state index contributed by atoms with van der Waals surface area (Å²) in [5.74, 6) is 0. The first-order valence-corrected chi connectivity index (χ1v) is 7.51. The minimum Gasteiger partial charge on any atom is -0.311 e. The van der Waals surface area contributed by atoms with E-state index in [0.717, 1.165) is 13.1 Å². The van der Waals surface area contributed by atoms with E-state index >= 15 is 0 Å². The summed E-state index contributed by atoms with van der Waals surface area (Å²) in [5.41, 5.74) is 2.67. The van der Waals surface area contributed by atoms with Gasteiger partial charge in [0.2, 0.25) is 0 Å². The van der Waals surface area contributed by atoms with Crippen molar-refractivity contribution in [2.45, 2.75) is 19.5 Å². The van der Waals surface area contributed by atoms with Crippen LogP contribution in [0.3, 0.4) is 0 Å². The van der Waals surface area contributed by atoms with Gasteiger partial charge in [-0.15, -0.1) is 11.3 Å². The molecule has 0 aliphatic rings. The normalized spacial score (nSPS) is 12.8. The van der Waals surface area contributed by atoms with Crippen molar-refractivity contribution in [1.29, 1.82) is 0 Å². The van der Waals surface area contributed by atoms with Crippen molar-refractivity contribution in [3.63, 3.8) is 0 Å². The van der Waals surface area contributed by atoms with Crippen molar-refractivity contribution in [2.24, 2.45) is 0 Å². The van der Waals surface area contributed by atoms with Gasteiger partial charge in [0.1, 0.15) is 0 Å². The molecule has 0 radical (unpaired) electrons. The third-order valence-corrected chi connectivity index (χ3v) is 4.22. The third kappa shape index (κ3) is 4.16. The van der Waals surface area contributed by atoms with E-state index in [-0.39, 0.29) is 0 Å². The van der Waals surface area contributed by atoms with Crippen LogP contribution in [0.2, 0.25) is 0 Å². The Hall–Kier alpha value is -1.16. The van der Waals surface area contributed by atoms with Crippen molar-refractivity contribution >= 4 is 11.3 Å². The molecule has 0 aliphatic heterocycles. The van der Waals surface area contributed by atoms with Gasteiger partial charge >= 0.3 is 0 Å². The van der Waals surface area contributed by atoms with Crippen LogP contribution in [0.15, 0.2) is 41.8 Å². The Morgan fingerprint density at radius 3 is 2.68 bits per heavy atom. The average molecular weight is 274 g/mol. The maximum absolute atomic E-state index is 3.56. The number of rotatable bonds is 6. The smallest absolute Gasteiger partial charge is 0.0561 e. The van der Waals surface area contributed by atoms with Crippen LogP contribution in [0.25, 0.3) is 0 Å². The summed E-state index contributed by atoms with van der Waals surface area (Å²) < 4.78 is 0. The summed E-state index contributed by atoms with van der Waals surface area (Å²) in [6, 6.07) is 13.5. The molecule has 0 bridgehead atoms. The van der Waals surface area contributed by atoms with E-state index in [1.807, 2.05) is 11.3 Å². The zero-order chi connectivity index (χ0) is 13.7. The van der Waals surface area contributed by atoms with Crippen LogP contribution >= 0.6 is 11.3 Å². The van der Waals surface area contributed by atoms with Gasteiger partial charge in [-0.1, -0.05) is 35.9 Å². The Kier molecular flexibility index (Phi) is 5.14. The highest BCUT2D eigenvalue weighted by molar-refractivity contribution is 7.10. The molecule has 0 fully saturated rings. The number of aryl methyl sites for hydroxylation is 1. The minimum atomic E-state index is 0.449. The fourth-order valence-electron chi connectivity index (χ4n) is 2.19. The van der Waals surface area contributed by atoms with Crippen LogP contribution in [0.5, 0.6) is 0 Å². The highest BCUT2D eigenvalue weighted by Crippen LogP contribution is 2.22. The molecule has 1 heterocycles. The molecule has 0 aliphatic carbocycles. The SMILES string of the molecule is Cc1cccc(CNCC(c2cccs2)N(C)C)c1. The van der Waals surface area contributed by atoms with Gasteiger partial charge in [0.15, 0.2) is 0 Å². The van der Waals surface area contributed by atoms with E-state index in [4.69, 9.17) is 0 Å². The van der Waals surface area contributed by atoms with Crippen LogP contribution in [-0.4, -0.2) is 25.5 Å². The molecule has 0 amide bonds. The second-order valence-corrected chi connectivity index (χ2v) is 6.09. The van der Waals surface area contributed by atoms with Gasteiger partial charge in [0, 0.05) is 18.0 Å². The number of nitrogens with zero attached hydrogens (tertiary/aromatic N) is 1. The lowest BCUT2D eigenvalue weighted by atomic mass is 10.1. The van der Waals surface area contributed by atoms with Crippen LogP contribution in [0.1, 0.15) is 22.0 Å². The Morgan fingerprint density at radius 1 is 1.21 bits per heavy atom. The predicted octanol–water partition coefficient (Wildman–Crippen LogP) is 3.45. The Labute approximate surface area is 120 Å². The maximum Gasteiger partial charge on any atom is 0.0561 e. The molecule has 1 aromatic carbocycles.